The second-order valence-electron chi connectivity index (χ2n) is 7.31. The minimum Gasteiger partial charge on any atom is -0.508 e. The van der Waals surface area contributed by atoms with Crippen LogP contribution < -0.4 is 10.2 Å². The van der Waals surface area contributed by atoms with Gasteiger partial charge >= 0.3 is 0 Å². The third-order valence-electron chi connectivity index (χ3n) is 5.13. The minimum atomic E-state index is -1.66. The summed E-state index contributed by atoms with van der Waals surface area (Å²) in [6.45, 7) is -0.637. The van der Waals surface area contributed by atoms with Crippen LogP contribution in [-0.4, -0.2) is 73.1 Å². The maximum Gasteiger partial charge on any atom is 0.229 e. The molecule has 2 unspecified atom stereocenters. The predicted octanol–water partition coefficient (Wildman–Crippen LogP) is -0.245. The van der Waals surface area contributed by atoms with Crippen LogP contribution in [-0.2, 0) is 4.74 Å². The maximum absolute atomic E-state index is 12.4. The van der Waals surface area contributed by atoms with Crippen molar-refractivity contribution in [2.45, 2.75) is 30.7 Å². The molecule has 2 heterocycles. The van der Waals surface area contributed by atoms with Gasteiger partial charge in [-0.15, -0.1) is 0 Å². The van der Waals surface area contributed by atoms with E-state index in [1.54, 1.807) is 0 Å². The van der Waals surface area contributed by atoms with Crippen LogP contribution in [0.1, 0.15) is 0 Å². The average Bonchev–Trinajstić information content (AvgIpc) is 2.74. The number of rotatable bonds is 4. The largest absolute Gasteiger partial charge is 0.508 e. The molecule has 1 aliphatic rings. The van der Waals surface area contributed by atoms with E-state index in [9.17, 15) is 40.5 Å². The van der Waals surface area contributed by atoms with E-state index in [-0.39, 0.29) is 33.8 Å². The molecule has 0 spiro atoms. The first-order valence-corrected chi connectivity index (χ1v) is 9.50. The number of phenolic OH excluding ortho intramolecular Hbond substituents is 3. The summed E-state index contributed by atoms with van der Waals surface area (Å²) in [6, 6.07) is 7.19. The molecule has 11 heteroatoms. The van der Waals surface area contributed by atoms with Crippen molar-refractivity contribution in [1.82, 2.24) is 0 Å². The van der Waals surface area contributed by atoms with Gasteiger partial charge in [-0.1, -0.05) is 0 Å². The molecule has 0 bridgehead atoms. The van der Waals surface area contributed by atoms with Crippen molar-refractivity contribution >= 4 is 11.0 Å². The standard InChI is InChI=1S/C21H20O11/c22-7-16-18(27)19(28)20(29)21(32-16)31-13-2-1-8(3-10(13)24)14-6-12(26)17-11(25)4-9(23)5-15(17)30-14/h1-6,16,18-25,27-29H,7H2/t16?,18-,19-,20?,21-/m1/s1. The first-order chi connectivity index (χ1) is 15.2. The molecule has 1 aromatic heterocycles. The van der Waals surface area contributed by atoms with Crippen LogP contribution >= 0.6 is 0 Å². The van der Waals surface area contributed by atoms with Crippen molar-refractivity contribution < 1.29 is 49.6 Å². The quantitative estimate of drug-likeness (QED) is 0.279. The molecule has 3 aromatic rings. The highest BCUT2D eigenvalue weighted by Crippen LogP contribution is 2.35. The SMILES string of the molecule is O=c1cc(-c2ccc(O[C@@H]3OC(CO)[C@@H](O)[C@@H](O)C3O)c(O)c2)oc2cc(O)cc(O)c12. The Labute approximate surface area is 179 Å². The number of benzene rings is 2. The van der Waals surface area contributed by atoms with E-state index in [1.165, 1.54) is 18.2 Å². The van der Waals surface area contributed by atoms with E-state index in [0.29, 0.717) is 0 Å². The molecule has 0 saturated carbocycles. The number of aromatic hydroxyl groups is 3. The van der Waals surface area contributed by atoms with Crippen LogP contribution in [0.25, 0.3) is 22.3 Å². The highest BCUT2D eigenvalue weighted by atomic mass is 16.7. The molecule has 11 nitrogen and oxygen atoms in total. The Bertz CT molecular complexity index is 1200. The van der Waals surface area contributed by atoms with Gasteiger partial charge in [0, 0.05) is 23.8 Å². The highest BCUT2D eigenvalue weighted by molar-refractivity contribution is 5.86. The number of ether oxygens (including phenoxy) is 2. The van der Waals surface area contributed by atoms with Crippen LogP contribution in [0.2, 0.25) is 0 Å². The Morgan fingerprint density at radius 1 is 0.906 bits per heavy atom. The van der Waals surface area contributed by atoms with Gasteiger partial charge in [-0.05, 0) is 18.2 Å². The second-order valence-corrected chi connectivity index (χ2v) is 7.31. The summed E-state index contributed by atoms with van der Waals surface area (Å²) >= 11 is 0. The summed E-state index contributed by atoms with van der Waals surface area (Å²) < 4.78 is 16.2. The van der Waals surface area contributed by atoms with E-state index in [1.807, 2.05) is 0 Å². The van der Waals surface area contributed by atoms with Gasteiger partial charge in [0.2, 0.25) is 6.29 Å². The molecule has 32 heavy (non-hydrogen) atoms. The average molecular weight is 448 g/mol. The highest BCUT2D eigenvalue weighted by Gasteiger charge is 2.44. The van der Waals surface area contributed by atoms with Gasteiger partial charge in [0.25, 0.3) is 0 Å². The normalized spacial score (nSPS) is 25.7. The van der Waals surface area contributed by atoms with Gasteiger partial charge in [0.05, 0.1) is 6.61 Å². The van der Waals surface area contributed by atoms with Crippen molar-refractivity contribution in [1.29, 1.82) is 0 Å². The number of aliphatic hydroxyl groups excluding tert-OH is 4. The molecule has 0 amide bonds. The molecule has 1 fully saturated rings. The third kappa shape index (κ3) is 3.83. The van der Waals surface area contributed by atoms with E-state index >= 15 is 0 Å². The number of phenols is 3. The lowest BCUT2D eigenvalue weighted by Gasteiger charge is -2.39. The van der Waals surface area contributed by atoms with Crippen molar-refractivity contribution in [2.24, 2.45) is 0 Å². The van der Waals surface area contributed by atoms with Crippen LogP contribution in [0.4, 0.5) is 0 Å². The Kier molecular flexibility index (Phi) is 5.67. The zero-order chi connectivity index (χ0) is 23.2. The van der Waals surface area contributed by atoms with Gasteiger partial charge in [0.1, 0.15) is 52.6 Å². The molecule has 4 rings (SSSR count). The van der Waals surface area contributed by atoms with E-state index in [0.717, 1.165) is 18.2 Å². The predicted molar refractivity (Wildman–Crippen MR) is 107 cm³/mol. The Hall–Kier alpha value is -3.35. The minimum absolute atomic E-state index is 0.0298. The summed E-state index contributed by atoms with van der Waals surface area (Å²) in [5.74, 6) is -1.30. The summed E-state index contributed by atoms with van der Waals surface area (Å²) in [7, 11) is 0. The van der Waals surface area contributed by atoms with Crippen molar-refractivity contribution in [2.75, 3.05) is 6.61 Å². The Balaban J connectivity index is 1.64. The number of hydrogen-bond acceptors (Lipinski definition) is 11. The van der Waals surface area contributed by atoms with Crippen LogP contribution in [0.3, 0.4) is 0 Å². The zero-order valence-electron chi connectivity index (χ0n) is 16.3. The molecule has 7 N–H and O–H groups in total. The van der Waals surface area contributed by atoms with E-state index in [2.05, 4.69) is 0 Å². The van der Waals surface area contributed by atoms with E-state index < -0.39 is 54.2 Å². The molecule has 2 aromatic carbocycles. The fourth-order valence-electron chi connectivity index (χ4n) is 3.46. The van der Waals surface area contributed by atoms with Gasteiger partial charge in [0.15, 0.2) is 16.9 Å². The monoisotopic (exact) mass is 448 g/mol. The molecule has 170 valence electrons. The lowest BCUT2D eigenvalue weighted by molar-refractivity contribution is -0.277. The number of hydrogen-bond donors (Lipinski definition) is 7. The van der Waals surface area contributed by atoms with Crippen molar-refractivity contribution in [3.8, 4) is 34.3 Å². The Morgan fingerprint density at radius 2 is 1.66 bits per heavy atom. The molecule has 5 atom stereocenters. The van der Waals surface area contributed by atoms with Crippen molar-refractivity contribution in [3.05, 3.63) is 46.6 Å². The van der Waals surface area contributed by atoms with Gasteiger partial charge in [-0.25, -0.2) is 0 Å². The van der Waals surface area contributed by atoms with Crippen LogP contribution in [0, 0.1) is 0 Å². The molecule has 1 aliphatic heterocycles. The Morgan fingerprint density at radius 3 is 2.34 bits per heavy atom. The molecule has 0 radical (unpaired) electrons. The second kappa shape index (κ2) is 8.30. The summed E-state index contributed by atoms with van der Waals surface area (Å²) in [6.07, 6.45) is -7.54. The zero-order valence-corrected chi connectivity index (χ0v) is 16.3. The van der Waals surface area contributed by atoms with Gasteiger partial charge < -0.3 is 49.6 Å². The first kappa shape index (κ1) is 21.9. The molecular weight excluding hydrogens is 428 g/mol. The molecule has 0 aliphatic carbocycles. The first-order valence-electron chi connectivity index (χ1n) is 9.50. The lowest BCUT2D eigenvalue weighted by Crippen LogP contribution is -2.60. The fraction of sp³-hybridized carbons (Fsp3) is 0.286. The number of aliphatic hydroxyl groups is 4. The van der Waals surface area contributed by atoms with E-state index in [4.69, 9.17) is 13.9 Å². The maximum atomic E-state index is 12.4. The topological polar surface area (TPSA) is 190 Å². The van der Waals surface area contributed by atoms with Gasteiger partial charge in [-0.3, -0.25) is 4.79 Å². The third-order valence-corrected chi connectivity index (χ3v) is 5.13. The fourth-order valence-corrected chi connectivity index (χ4v) is 3.46. The number of fused-ring (bicyclic) bond motifs is 1. The lowest BCUT2D eigenvalue weighted by atomic mass is 9.99. The van der Waals surface area contributed by atoms with Gasteiger partial charge in [-0.2, -0.15) is 0 Å². The van der Waals surface area contributed by atoms with Crippen LogP contribution in [0.15, 0.2) is 45.6 Å². The summed E-state index contributed by atoms with van der Waals surface area (Å²) in [4.78, 5) is 12.4. The molecule has 1 saturated heterocycles. The smallest absolute Gasteiger partial charge is 0.229 e. The summed E-state index contributed by atoms with van der Waals surface area (Å²) in [5, 5.41) is 68.7. The van der Waals surface area contributed by atoms with Crippen molar-refractivity contribution in [3.63, 3.8) is 0 Å². The summed E-state index contributed by atoms with van der Waals surface area (Å²) in [5.41, 5.74) is -0.378. The molecular formula is C21H20O11. The van der Waals surface area contributed by atoms with Crippen LogP contribution in [0.5, 0.6) is 23.0 Å².